The highest BCUT2D eigenvalue weighted by molar-refractivity contribution is 7.94. The fourth-order valence-corrected chi connectivity index (χ4v) is 0.864. The molecule has 0 aromatic heterocycles. The van der Waals surface area contributed by atoms with Gasteiger partial charge in [0.05, 0.1) is 17.8 Å². The molecule has 1 aromatic carbocycles. The lowest BCUT2D eigenvalue weighted by Gasteiger charge is -1.90. The summed E-state index contributed by atoms with van der Waals surface area (Å²) in [5.41, 5.74) is 0.484. The zero-order chi connectivity index (χ0) is 8.10. The number of rotatable bonds is 2. The predicted molar refractivity (Wildman–Crippen MR) is 41.2 cm³/mol. The van der Waals surface area contributed by atoms with Crippen molar-refractivity contribution in [1.29, 1.82) is 0 Å². The van der Waals surface area contributed by atoms with Crippen LogP contribution >= 0.6 is 12.1 Å². The molecule has 0 fully saturated rings. The van der Waals surface area contributed by atoms with Crippen molar-refractivity contribution in [2.24, 2.45) is 4.99 Å². The van der Waals surface area contributed by atoms with Crippen LogP contribution in [0.25, 0.3) is 0 Å². The van der Waals surface area contributed by atoms with Crippen LogP contribution in [-0.4, -0.2) is 6.08 Å². The largest absolute Gasteiger partial charge is 0.240 e. The van der Waals surface area contributed by atoms with Crippen molar-refractivity contribution in [2.75, 3.05) is 0 Å². The summed E-state index contributed by atoms with van der Waals surface area (Å²) in [7, 11) is 0. The number of hydrogen-bond donors (Lipinski definition) is 0. The van der Waals surface area contributed by atoms with Gasteiger partial charge in [0.1, 0.15) is 0 Å². The topological polar surface area (TPSA) is 29.4 Å². The van der Waals surface area contributed by atoms with E-state index in [0.29, 0.717) is 10.6 Å². The molecule has 0 saturated heterocycles. The third kappa shape index (κ3) is 2.18. The minimum absolute atomic E-state index is 0.155. The van der Waals surface area contributed by atoms with Gasteiger partial charge in [-0.25, -0.2) is 4.79 Å². The van der Waals surface area contributed by atoms with Gasteiger partial charge in [-0.3, -0.25) is 0 Å². The van der Waals surface area contributed by atoms with Gasteiger partial charge in [-0.15, -0.1) is 0 Å². The monoisotopic (exact) mass is 169 g/mol. The van der Waals surface area contributed by atoms with Crippen LogP contribution in [0.5, 0.6) is 0 Å². The molecule has 0 heterocycles. The summed E-state index contributed by atoms with van der Waals surface area (Å²) >= 11 is 0.155. The number of aliphatic imine (C=N–C) groups is 1. The maximum atomic E-state index is 11.9. The molecule has 0 aliphatic carbocycles. The number of hydrogen-bond acceptors (Lipinski definition) is 3. The molecule has 0 spiro atoms. The van der Waals surface area contributed by atoms with E-state index in [2.05, 4.69) is 4.99 Å². The Hall–Kier alpha value is -1.12. The Balaban J connectivity index is 2.91. The van der Waals surface area contributed by atoms with Gasteiger partial charge in [0, 0.05) is 4.90 Å². The molecule has 2 nitrogen and oxygen atoms in total. The van der Waals surface area contributed by atoms with E-state index in [1.165, 1.54) is 6.08 Å². The Kier molecular flexibility index (Phi) is 2.83. The highest BCUT2D eigenvalue weighted by Crippen LogP contribution is 2.21. The first kappa shape index (κ1) is 7.98. The number of nitrogens with zero attached hydrogens (tertiary/aromatic N) is 1. The van der Waals surface area contributed by atoms with Crippen LogP contribution in [0.15, 0.2) is 34.2 Å². The first-order valence-electron chi connectivity index (χ1n) is 2.83. The fourth-order valence-electron chi connectivity index (χ4n) is 0.625. The maximum Gasteiger partial charge on any atom is 0.240 e. The smallest absolute Gasteiger partial charge is 0.211 e. The number of isocyanates is 1. The van der Waals surface area contributed by atoms with Crippen LogP contribution in [0, 0.1) is 0 Å². The zero-order valence-corrected chi connectivity index (χ0v) is 6.27. The minimum atomic E-state index is 0.155. The average Bonchev–Trinajstić information content (AvgIpc) is 2.07. The van der Waals surface area contributed by atoms with Crippen molar-refractivity contribution in [3.05, 3.63) is 24.3 Å². The second-order valence-electron chi connectivity index (χ2n) is 1.77. The molecule has 1 aromatic rings. The van der Waals surface area contributed by atoms with Gasteiger partial charge in [-0.2, -0.15) is 8.88 Å². The molecule has 0 bridgehead atoms. The highest BCUT2D eigenvalue weighted by atomic mass is 32.2. The maximum absolute atomic E-state index is 11.9. The molecule has 0 unspecified atom stereocenters. The van der Waals surface area contributed by atoms with Crippen molar-refractivity contribution in [1.82, 2.24) is 0 Å². The van der Waals surface area contributed by atoms with E-state index in [-0.39, 0.29) is 12.1 Å². The van der Waals surface area contributed by atoms with Gasteiger partial charge in [0.15, 0.2) is 0 Å². The third-order valence-electron chi connectivity index (χ3n) is 1.10. The van der Waals surface area contributed by atoms with E-state index < -0.39 is 0 Å². The van der Waals surface area contributed by atoms with Crippen LogP contribution in [0.3, 0.4) is 0 Å². The summed E-state index contributed by atoms with van der Waals surface area (Å²) in [6.07, 6.45) is 1.40. The summed E-state index contributed by atoms with van der Waals surface area (Å²) in [4.78, 5) is 13.6. The van der Waals surface area contributed by atoms with Crippen LogP contribution in [0.4, 0.5) is 9.57 Å². The van der Waals surface area contributed by atoms with Crippen LogP contribution in [-0.2, 0) is 4.79 Å². The Bertz CT molecular complexity index is 279. The molecule has 0 saturated carbocycles. The molecule has 1 rings (SSSR count). The number of carbonyl (C=O) groups excluding carboxylic acids is 1. The molecule has 4 heteroatoms. The Morgan fingerprint density at radius 3 is 2.45 bits per heavy atom. The van der Waals surface area contributed by atoms with E-state index in [0.717, 1.165) is 0 Å². The Labute approximate surface area is 67.4 Å². The van der Waals surface area contributed by atoms with Gasteiger partial charge in [-0.05, 0) is 24.3 Å². The molecular formula is C7H4FNOS. The first-order valence-corrected chi connectivity index (χ1v) is 3.55. The van der Waals surface area contributed by atoms with Gasteiger partial charge in [0.25, 0.3) is 0 Å². The molecule has 0 N–H and O–H groups in total. The molecule has 0 amide bonds. The van der Waals surface area contributed by atoms with Crippen molar-refractivity contribution < 1.29 is 8.68 Å². The summed E-state index contributed by atoms with van der Waals surface area (Å²) < 4.78 is 11.9. The van der Waals surface area contributed by atoms with E-state index in [4.69, 9.17) is 0 Å². The average molecular weight is 169 g/mol. The summed E-state index contributed by atoms with van der Waals surface area (Å²) in [6.45, 7) is 0. The fraction of sp³-hybridized carbons (Fsp3) is 0. The molecule has 56 valence electrons. The van der Waals surface area contributed by atoms with Gasteiger partial charge in [-0.1, -0.05) is 0 Å². The minimum Gasteiger partial charge on any atom is -0.211 e. The molecule has 11 heavy (non-hydrogen) atoms. The lowest BCUT2D eigenvalue weighted by Crippen LogP contribution is -1.65. The van der Waals surface area contributed by atoms with E-state index in [1.54, 1.807) is 24.3 Å². The molecular weight excluding hydrogens is 165 g/mol. The summed E-state index contributed by atoms with van der Waals surface area (Å²) in [6, 6.07) is 6.18. The lowest BCUT2D eigenvalue weighted by atomic mass is 10.3. The van der Waals surface area contributed by atoms with Crippen LogP contribution < -0.4 is 0 Å². The van der Waals surface area contributed by atoms with Crippen molar-refractivity contribution in [3.63, 3.8) is 0 Å². The SMILES string of the molecule is O=C=Nc1ccc(SF)cc1. The second kappa shape index (κ2) is 3.91. The Morgan fingerprint density at radius 1 is 1.36 bits per heavy atom. The predicted octanol–water partition coefficient (Wildman–Crippen LogP) is 2.63. The molecule has 0 aliphatic heterocycles. The molecule has 0 aliphatic rings. The van der Waals surface area contributed by atoms with Crippen LogP contribution in [0.1, 0.15) is 0 Å². The quantitative estimate of drug-likeness (QED) is 0.503. The van der Waals surface area contributed by atoms with E-state index in [9.17, 15) is 8.68 Å². The molecule has 0 atom stereocenters. The summed E-state index contributed by atoms with van der Waals surface area (Å²) in [5, 5.41) is 0. The van der Waals surface area contributed by atoms with Crippen molar-refractivity contribution >= 4 is 23.9 Å². The zero-order valence-electron chi connectivity index (χ0n) is 5.45. The number of benzene rings is 1. The summed E-state index contributed by atoms with van der Waals surface area (Å²) in [5.74, 6) is 0. The first-order chi connectivity index (χ1) is 5.36. The van der Waals surface area contributed by atoms with Crippen LogP contribution in [0.2, 0.25) is 0 Å². The van der Waals surface area contributed by atoms with Gasteiger partial charge >= 0.3 is 0 Å². The highest BCUT2D eigenvalue weighted by Gasteiger charge is 1.91. The third-order valence-corrected chi connectivity index (χ3v) is 1.55. The van der Waals surface area contributed by atoms with E-state index in [1.807, 2.05) is 0 Å². The van der Waals surface area contributed by atoms with E-state index >= 15 is 0 Å². The second-order valence-corrected chi connectivity index (χ2v) is 2.40. The number of halogens is 1. The normalized spacial score (nSPS) is 8.82. The van der Waals surface area contributed by atoms with Crippen molar-refractivity contribution in [2.45, 2.75) is 4.90 Å². The van der Waals surface area contributed by atoms with Crippen molar-refractivity contribution in [3.8, 4) is 0 Å². The Morgan fingerprint density at radius 2 is 2.00 bits per heavy atom. The standard InChI is InChI=1S/C7H4FNOS/c8-11-7-3-1-6(2-4-7)9-5-10/h1-4H. The van der Waals surface area contributed by atoms with Gasteiger partial charge in [0.2, 0.25) is 6.08 Å². The molecule has 0 radical (unpaired) electrons. The van der Waals surface area contributed by atoms with Gasteiger partial charge < -0.3 is 0 Å². The lowest BCUT2D eigenvalue weighted by molar-refractivity contribution is 0.565.